The van der Waals surface area contributed by atoms with Gasteiger partial charge in [0.2, 0.25) is 10.0 Å². The Kier molecular flexibility index (Phi) is 6.06. The minimum atomic E-state index is -4.60. The third-order valence-electron chi connectivity index (χ3n) is 5.16. The molecule has 2 aliphatic heterocycles. The Bertz CT molecular complexity index is 1430. The van der Waals surface area contributed by atoms with E-state index >= 15 is 0 Å². The summed E-state index contributed by atoms with van der Waals surface area (Å²) in [5.74, 6) is -0.124. The van der Waals surface area contributed by atoms with Crippen LogP contribution in [0, 0.1) is 0 Å². The van der Waals surface area contributed by atoms with Gasteiger partial charge in [-0.05, 0) is 17.7 Å². The van der Waals surface area contributed by atoms with E-state index in [2.05, 4.69) is 25.3 Å². The third kappa shape index (κ3) is 4.28. The molecule has 16 heteroatoms. The number of nitrogens with one attached hydrogen (secondary N) is 2. The summed E-state index contributed by atoms with van der Waals surface area (Å²) < 4.78 is 74.5. The summed E-state index contributed by atoms with van der Waals surface area (Å²) in [6.07, 6.45) is 0. The predicted molar refractivity (Wildman–Crippen MR) is 122 cm³/mol. The molecule has 1 atom stereocenters. The summed E-state index contributed by atoms with van der Waals surface area (Å²) in [7, 11) is -8.67. The van der Waals surface area contributed by atoms with Gasteiger partial charge in [0.05, 0.1) is 27.1 Å². The van der Waals surface area contributed by atoms with Crippen molar-refractivity contribution in [1.82, 2.24) is 5.32 Å². The average molecular weight is 514 g/mol. The summed E-state index contributed by atoms with van der Waals surface area (Å²) in [4.78, 5) is 2.95. The van der Waals surface area contributed by atoms with Crippen molar-refractivity contribution in [2.24, 2.45) is 20.4 Å². The van der Waals surface area contributed by atoms with Crippen LogP contribution in [0.25, 0.3) is 11.1 Å². The summed E-state index contributed by atoms with van der Waals surface area (Å²) in [5, 5.41) is 15.2. The van der Waals surface area contributed by atoms with Crippen molar-refractivity contribution in [3.05, 3.63) is 35.9 Å². The van der Waals surface area contributed by atoms with Crippen molar-refractivity contribution in [3.63, 3.8) is 0 Å². The van der Waals surface area contributed by atoms with E-state index in [1.807, 2.05) is 0 Å². The van der Waals surface area contributed by atoms with E-state index in [-0.39, 0.29) is 53.7 Å². The fourth-order valence-corrected chi connectivity index (χ4v) is 7.07. The summed E-state index contributed by atoms with van der Waals surface area (Å²) >= 11 is -2.42. The number of para-hydroxylation sites is 1. The van der Waals surface area contributed by atoms with Gasteiger partial charge in [-0.15, -0.1) is 5.11 Å². The monoisotopic (exact) mass is 513 g/mol. The first-order valence-electron chi connectivity index (χ1n) is 9.35. The summed E-state index contributed by atoms with van der Waals surface area (Å²) in [6, 6.07) is 7.03. The van der Waals surface area contributed by atoms with Crippen LogP contribution in [0.1, 0.15) is 5.56 Å². The SMILES string of the molecule is Nc1c(NS(=O)O)cccc1-c1ccc(S(=O)(=O)C2CNC2)c(S(N)(=O)=O)c1C1=NCN=N1. The lowest BCUT2D eigenvalue weighted by Crippen LogP contribution is -2.51. The van der Waals surface area contributed by atoms with Crippen LogP contribution in [0.3, 0.4) is 0 Å². The molecule has 0 amide bonds. The van der Waals surface area contributed by atoms with Crippen molar-refractivity contribution in [2.45, 2.75) is 15.0 Å². The van der Waals surface area contributed by atoms with Crippen molar-refractivity contribution in [2.75, 3.05) is 30.2 Å². The lowest BCUT2D eigenvalue weighted by molar-refractivity contribution is 0.493. The van der Waals surface area contributed by atoms with E-state index in [1.54, 1.807) is 0 Å². The zero-order valence-electron chi connectivity index (χ0n) is 16.8. The number of nitrogens with zero attached hydrogens (tertiary/aromatic N) is 3. The van der Waals surface area contributed by atoms with Gasteiger partial charge >= 0.3 is 0 Å². The van der Waals surface area contributed by atoms with Crippen LogP contribution in [0.15, 0.2) is 55.3 Å². The van der Waals surface area contributed by atoms with Crippen LogP contribution >= 0.6 is 0 Å². The van der Waals surface area contributed by atoms with Crippen molar-refractivity contribution < 1.29 is 25.6 Å². The van der Waals surface area contributed by atoms with Crippen LogP contribution in [-0.2, 0) is 31.1 Å². The number of azo groups is 1. The minimum absolute atomic E-state index is 0.0101. The Balaban J connectivity index is 2.07. The Labute approximate surface area is 191 Å². The number of nitrogens with two attached hydrogens (primary N) is 2. The van der Waals surface area contributed by atoms with E-state index in [4.69, 9.17) is 15.4 Å². The zero-order valence-corrected chi connectivity index (χ0v) is 19.2. The molecular formula is C17H19N7O6S3. The van der Waals surface area contributed by atoms with E-state index in [0.717, 1.165) is 6.07 Å². The number of hydrogen-bond acceptors (Lipinski definition) is 10. The molecule has 0 saturated carbocycles. The molecule has 2 heterocycles. The van der Waals surface area contributed by atoms with Crippen LogP contribution in [0.2, 0.25) is 0 Å². The maximum absolute atomic E-state index is 13.2. The lowest BCUT2D eigenvalue weighted by atomic mass is 9.97. The zero-order chi connectivity index (χ0) is 24.0. The number of amidine groups is 1. The normalized spacial score (nSPS) is 17.5. The standard InChI is InChI=1S/C17H19N7O6S3/c18-15-11(2-1-3-12(15)24-31(25)26)10-4-5-13(32(27,28)9-6-20-7-9)16(33(19,29)30)14(10)17-21-8-22-23-17/h1-5,9,20,24H,6-8,18H2,(H,25,26)(H2,19,29,30). The average Bonchev–Trinajstić information content (AvgIpc) is 3.20. The molecule has 0 radical (unpaired) electrons. The van der Waals surface area contributed by atoms with Crippen LogP contribution in [0.5, 0.6) is 0 Å². The molecule has 0 spiro atoms. The first-order valence-corrected chi connectivity index (χ1v) is 13.5. The summed E-state index contributed by atoms with van der Waals surface area (Å²) in [6.45, 7) is 0.259. The maximum atomic E-state index is 13.2. The van der Waals surface area contributed by atoms with Crippen LogP contribution < -0.4 is 20.9 Å². The molecule has 2 aliphatic rings. The summed E-state index contributed by atoms with van der Waals surface area (Å²) in [5.41, 5.74) is 6.53. The second-order valence-corrected chi connectivity index (χ2v) is 11.6. The Hall–Kier alpha value is -2.76. The molecule has 0 bridgehead atoms. The molecule has 7 N–H and O–H groups in total. The molecule has 13 nitrogen and oxygen atoms in total. The van der Waals surface area contributed by atoms with Gasteiger partial charge in [0.15, 0.2) is 22.3 Å². The third-order valence-corrected chi connectivity index (χ3v) is 8.84. The van der Waals surface area contributed by atoms with E-state index in [9.17, 15) is 21.0 Å². The number of sulfonamides is 1. The van der Waals surface area contributed by atoms with Gasteiger partial charge in [-0.3, -0.25) is 9.27 Å². The first-order chi connectivity index (χ1) is 15.5. The van der Waals surface area contributed by atoms with E-state index in [1.165, 1.54) is 24.3 Å². The Morgan fingerprint density at radius 1 is 1.12 bits per heavy atom. The highest BCUT2D eigenvalue weighted by Crippen LogP contribution is 2.40. The molecule has 2 aromatic rings. The maximum Gasteiger partial charge on any atom is 0.259 e. The number of benzene rings is 2. The molecule has 1 fully saturated rings. The van der Waals surface area contributed by atoms with Gasteiger partial charge in [-0.2, -0.15) is 5.11 Å². The van der Waals surface area contributed by atoms with E-state index < -0.39 is 46.2 Å². The Morgan fingerprint density at radius 3 is 2.39 bits per heavy atom. The topological polar surface area (TPSA) is 219 Å². The van der Waals surface area contributed by atoms with Crippen LogP contribution in [0.4, 0.5) is 11.4 Å². The quantitative estimate of drug-likeness (QED) is 0.251. The van der Waals surface area contributed by atoms with Gasteiger partial charge in [0.25, 0.3) is 11.3 Å². The highest BCUT2D eigenvalue weighted by Gasteiger charge is 2.39. The Morgan fingerprint density at radius 2 is 1.85 bits per heavy atom. The predicted octanol–water partition coefficient (Wildman–Crippen LogP) is 0.0472. The van der Waals surface area contributed by atoms with Crippen LogP contribution in [-0.4, -0.2) is 56.4 Å². The lowest BCUT2D eigenvalue weighted by Gasteiger charge is -2.28. The number of anilines is 2. The number of nitrogen functional groups attached to an aromatic ring is 1. The van der Waals surface area contributed by atoms with Gasteiger partial charge in [-0.1, -0.05) is 18.2 Å². The number of sulfone groups is 1. The number of hydrogen-bond donors (Lipinski definition) is 5. The highest BCUT2D eigenvalue weighted by atomic mass is 32.2. The molecule has 0 aromatic heterocycles. The van der Waals surface area contributed by atoms with Crippen molar-refractivity contribution in [1.29, 1.82) is 0 Å². The highest BCUT2D eigenvalue weighted by molar-refractivity contribution is 7.94. The smallest absolute Gasteiger partial charge is 0.259 e. The molecule has 0 aliphatic carbocycles. The number of aliphatic imine (C=N–C) groups is 1. The molecule has 4 rings (SSSR count). The molecule has 2 aromatic carbocycles. The molecule has 1 unspecified atom stereocenters. The molecule has 176 valence electrons. The first kappa shape index (κ1) is 23.4. The van der Waals surface area contributed by atoms with Gasteiger partial charge in [-0.25, -0.2) is 31.2 Å². The van der Waals surface area contributed by atoms with Gasteiger partial charge < -0.3 is 11.1 Å². The van der Waals surface area contributed by atoms with Gasteiger partial charge in [0.1, 0.15) is 4.90 Å². The second kappa shape index (κ2) is 8.54. The molecular weight excluding hydrogens is 494 g/mol. The van der Waals surface area contributed by atoms with Crippen molar-refractivity contribution >= 4 is 48.3 Å². The number of rotatable bonds is 7. The second-order valence-electron chi connectivity index (χ2n) is 7.17. The minimum Gasteiger partial charge on any atom is -0.397 e. The molecule has 1 saturated heterocycles. The fourth-order valence-electron chi connectivity index (χ4n) is 3.52. The van der Waals surface area contributed by atoms with Gasteiger partial charge in [0, 0.05) is 18.7 Å². The van der Waals surface area contributed by atoms with E-state index in [0.29, 0.717) is 0 Å². The fraction of sp³-hybridized carbons (Fsp3) is 0.235. The molecule has 33 heavy (non-hydrogen) atoms. The number of primary sulfonamides is 1. The largest absolute Gasteiger partial charge is 0.397 e. The van der Waals surface area contributed by atoms with Crippen molar-refractivity contribution in [3.8, 4) is 11.1 Å².